The third kappa shape index (κ3) is 3.78. The van der Waals surface area contributed by atoms with Gasteiger partial charge in [-0.25, -0.2) is 0 Å². The molecular weight excluding hydrogens is 305 g/mol. The second kappa shape index (κ2) is 5.81. The summed E-state index contributed by atoms with van der Waals surface area (Å²) in [4.78, 5) is 4.14. The molecule has 0 radical (unpaired) electrons. The van der Waals surface area contributed by atoms with Crippen LogP contribution in [0.3, 0.4) is 0 Å². The molecule has 0 aliphatic heterocycles. The lowest BCUT2D eigenvalue weighted by molar-refractivity contribution is -0.137. The van der Waals surface area contributed by atoms with Crippen molar-refractivity contribution in [3.05, 3.63) is 52.3 Å². The summed E-state index contributed by atoms with van der Waals surface area (Å²) in [7, 11) is 0. The third-order valence-electron chi connectivity index (χ3n) is 2.83. The number of nitrogens with one attached hydrogen (secondary N) is 1. The molecule has 2 aromatic rings. The van der Waals surface area contributed by atoms with Crippen LogP contribution in [0.25, 0.3) is 0 Å². The first-order valence-electron chi connectivity index (χ1n) is 6.03. The van der Waals surface area contributed by atoms with E-state index in [1.807, 2.05) is 0 Å². The maximum Gasteiger partial charge on any atom is 0.416 e. The molecule has 0 aliphatic rings. The normalized spacial score (nSPS) is 11.5. The standard InChI is InChI=1S/C14H12ClF3N2O/c1-8-2-5-13(21)12(20-8)7-19-11-4-3-9(6-10(11)15)14(16,17)18/h2-6,19,21H,7H2,1H3. The van der Waals surface area contributed by atoms with E-state index in [0.29, 0.717) is 11.4 Å². The molecule has 0 bridgehead atoms. The predicted molar refractivity (Wildman–Crippen MR) is 74.4 cm³/mol. The summed E-state index contributed by atoms with van der Waals surface area (Å²) >= 11 is 5.83. The van der Waals surface area contributed by atoms with Crippen LogP contribution in [0.1, 0.15) is 17.0 Å². The molecule has 2 N–H and O–H groups in total. The molecule has 0 spiro atoms. The predicted octanol–water partition coefficient (Wildman–Crippen LogP) is 4.38. The molecule has 0 amide bonds. The average Bonchev–Trinajstić information content (AvgIpc) is 2.40. The van der Waals surface area contributed by atoms with E-state index >= 15 is 0 Å². The van der Waals surface area contributed by atoms with Crippen LogP contribution >= 0.6 is 11.6 Å². The largest absolute Gasteiger partial charge is 0.506 e. The first kappa shape index (κ1) is 15.4. The highest BCUT2D eigenvalue weighted by atomic mass is 35.5. The lowest BCUT2D eigenvalue weighted by Gasteiger charge is -2.12. The molecule has 112 valence electrons. The van der Waals surface area contributed by atoms with E-state index in [1.165, 1.54) is 12.1 Å². The summed E-state index contributed by atoms with van der Waals surface area (Å²) in [6.45, 7) is 1.92. The van der Waals surface area contributed by atoms with Gasteiger partial charge in [0.2, 0.25) is 0 Å². The van der Waals surface area contributed by atoms with Crippen molar-refractivity contribution < 1.29 is 18.3 Å². The Morgan fingerprint density at radius 2 is 1.95 bits per heavy atom. The van der Waals surface area contributed by atoms with Gasteiger partial charge in [-0.2, -0.15) is 13.2 Å². The van der Waals surface area contributed by atoms with Crippen LogP contribution in [0, 0.1) is 6.92 Å². The second-order valence-electron chi connectivity index (χ2n) is 4.46. The quantitative estimate of drug-likeness (QED) is 0.883. The lowest BCUT2D eigenvalue weighted by atomic mass is 10.2. The van der Waals surface area contributed by atoms with Gasteiger partial charge in [-0.15, -0.1) is 0 Å². The number of benzene rings is 1. The maximum atomic E-state index is 12.5. The summed E-state index contributed by atoms with van der Waals surface area (Å²) in [6, 6.07) is 6.21. The molecule has 3 nitrogen and oxygen atoms in total. The Morgan fingerprint density at radius 3 is 2.57 bits per heavy atom. The SMILES string of the molecule is Cc1ccc(O)c(CNc2ccc(C(F)(F)F)cc2Cl)n1. The minimum Gasteiger partial charge on any atom is -0.506 e. The van der Waals surface area contributed by atoms with Gasteiger partial charge in [0.15, 0.2) is 0 Å². The van der Waals surface area contributed by atoms with E-state index in [9.17, 15) is 18.3 Å². The van der Waals surface area contributed by atoms with Gasteiger partial charge in [0.25, 0.3) is 0 Å². The number of aromatic hydroxyl groups is 1. The van der Waals surface area contributed by atoms with Crippen molar-refractivity contribution in [1.82, 2.24) is 4.98 Å². The minimum absolute atomic E-state index is 0.0103. The zero-order valence-corrected chi connectivity index (χ0v) is 11.8. The number of nitrogens with zero attached hydrogens (tertiary/aromatic N) is 1. The van der Waals surface area contributed by atoms with E-state index in [1.54, 1.807) is 13.0 Å². The zero-order chi connectivity index (χ0) is 15.6. The van der Waals surface area contributed by atoms with Gasteiger partial charge in [0.1, 0.15) is 11.4 Å². The molecule has 0 saturated heterocycles. The Balaban J connectivity index is 2.15. The molecule has 2 rings (SSSR count). The fourth-order valence-electron chi connectivity index (χ4n) is 1.75. The Kier molecular flexibility index (Phi) is 4.27. The Labute approximate surface area is 124 Å². The number of pyridine rings is 1. The summed E-state index contributed by atoms with van der Waals surface area (Å²) < 4.78 is 37.6. The molecule has 0 unspecified atom stereocenters. The van der Waals surface area contributed by atoms with Crippen molar-refractivity contribution in [2.24, 2.45) is 0 Å². The smallest absolute Gasteiger partial charge is 0.416 e. The highest BCUT2D eigenvalue weighted by molar-refractivity contribution is 6.33. The van der Waals surface area contributed by atoms with Gasteiger partial charge in [-0.05, 0) is 37.3 Å². The molecule has 0 saturated carbocycles. The van der Waals surface area contributed by atoms with Crippen LogP contribution in [0.15, 0.2) is 30.3 Å². The number of alkyl halides is 3. The number of aromatic nitrogens is 1. The van der Waals surface area contributed by atoms with E-state index in [-0.39, 0.29) is 17.3 Å². The molecule has 0 aliphatic carbocycles. The van der Waals surface area contributed by atoms with Gasteiger partial charge >= 0.3 is 6.18 Å². The van der Waals surface area contributed by atoms with Crippen molar-refractivity contribution in [3.63, 3.8) is 0 Å². The van der Waals surface area contributed by atoms with E-state index < -0.39 is 11.7 Å². The average molecular weight is 317 g/mol. The first-order chi connectivity index (χ1) is 9.77. The van der Waals surface area contributed by atoms with Crippen molar-refractivity contribution in [2.45, 2.75) is 19.6 Å². The maximum absolute atomic E-state index is 12.5. The van der Waals surface area contributed by atoms with Gasteiger partial charge < -0.3 is 10.4 Å². The monoisotopic (exact) mass is 316 g/mol. The number of aryl methyl sites for hydroxylation is 1. The highest BCUT2D eigenvalue weighted by Gasteiger charge is 2.30. The molecule has 21 heavy (non-hydrogen) atoms. The van der Waals surface area contributed by atoms with Gasteiger partial charge in [0, 0.05) is 5.69 Å². The Bertz CT molecular complexity index is 659. The van der Waals surface area contributed by atoms with Crippen molar-refractivity contribution in [2.75, 3.05) is 5.32 Å². The van der Waals surface area contributed by atoms with E-state index in [4.69, 9.17) is 11.6 Å². The van der Waals surface area contributed by atoms with Crippen LogP contribution in [0.5, 0.6) is 5.75 Å². The number of anilines is 1. The molecule has 1 aromatic carbocycles. The Hall–Kier alpha value is -1.95. The van der Waals surface area contributed by atoms with Gasteiger partial charge in [-0.1, -0.05) is 11.6 Å². The summed E-state index contributed by atoms with van der Waals surface area (Å²) in [6.07, 6.45) is -4.43. The van der Waals surface area contributed by atoms with E-state index in [2.05, 4.69) is 10.3 Å². The molecule has 1 heterocycles. The summed E-state index contributed by atoms with van der Waals surface area (Å²) in [5, 5.41) is 12.5. The van der Waals surface area contributed by atoms with Crippen LogP contribution < -0.4 is 5.32 Å². The molecule has 7 heteroatoms. The second-order valence-corrected chi connectivity index (χ2v) is 4.87. The van der Waals surface area contributed by atoms with Crippen molar-refractivity contribution >= 4 is 17.3 Å². The minimum atomic E-state index is -4.43. The zero-order valence-electron chi connectivity index (χ0n) is 11.0. The van der Waals surface area contributed by atoms with Crippen LogP contribution in [0.4, 0.5) is 18.9 Å². The Morgan fingerprint density at radius 1 is 1.24 bits per heavy atom. The van der Waals surface area contributed by atoms with E-state index in [0.717, 1.165) is 17.8 Å². The van der Waals surface area contributed by atoms with Crippen LogP contribution in [-0.2, 0) is 12.7 Å². The fourth-order valence-corrected chi connectivity index (χ4v) is 1.99. The number of hydrogen-bond donors (Lipinski definition) is 2. The van der Waals surface area contributed by atoms with Crippen LogP contribution in [-0.4, -0.2) is 10.1 Å². The number of hydrogen-bond acceptors (Lipinski definition) is 3. The number of rotatable bonds is 3. The molecular formula is C14H12ClF3N2O. The van der Waals surface area contributed by atoms with Gasteiger partial charge in [0.05, 0.1) is 22.8 Å². The molecule has 0 atom stereocenters. The summed E-state index contributed by atoms with van der Waals surface area (Å²) in [5.41, 5.74) is 0.649. The third-order valence-corrected chi connectivity index (χ3v) is 3.14. The molecule has 1 aromatic heterocycles. The van der Waals surface area contributed by atoms with Crippen LogP contribution in [0.2, 0.25) is 5.02 Å². The number of halogens is 4. The van der Waals surface area contributed by atoms with Gasteiger partial charge in [-0.3, -0.25) is 4.98 Å². The van der Waals surface area contributed by atoms with Crippen molar-refractivity contribution in [1.29, 1.82) is 0 Å². The summed E-state index contributed by atoms with van der Waals surface area (Å²) in [5.74, 6) is 0.0103. The fraction of sp³-hybridized carbons (Fsp3) is 0.214. The van der Waals surface area contributed by atoms with Crippen molar-refractivity contribution in [3.8, 4) is 5.75 Å². The highest BCUT2D eigenvalue weighted by Crippen LogP contribution is 2.34. The topological polar surface area (TPSA) is 45.1 Å². The lowest BCUT2D eigenvalue weighted by Crippen LogP contribution is -2.07. The molecule has 0 fully saturated rings. The first-order valence-corrected chi connectivity index (χ1v) is 6.41.